The van der Waals surface area contributed by atoms with E-state index >= 15 is 0 Å². The zero-order valence-corrected chi connectivity index (χ0v) is 16.6. The van der Waals surface area contributed by atoms with E-state index in [-0.39, 0.29) is 30.3 Å². The number of thiophene rings is 1. The van der Waals surface area contributed by atoms with Crippen molar-refractivity contribution in [1.29, 1.82) is 0 Å². The van der Waals surface area contributed by atoms with Gasteiger partial charge in [0.15, 0.2) is 0 Å². The van der Waals surface area contributed by atoms with E-state index in [1.54, 1.807) is 17.5 Å². The lowest BCUT2D eigenvalue weighted by molar-refractivity contribution is -0.124. The van der Waals surface area contributed by atoms with Crippen LogP contribution in [0, 0.1) is 12.8 Å². The molecule has 5 nitrogen and oxygen atoms in total. The molecule has 1 saturated heterocycles. The first-order valence-electron chi connectivity index (χ1n) is 8.77. The molecule has 0 spiro atoms. The van der Waals surface area contributed by atoms with Gasteiger partial charge in [0, 0.05) is 41.2 Å². The molecule has 1 aromatic carbocycles. The number of aromatic nitrogens is 2. The van der Waals surface area contributed by atoms with Crippen molar-refractivity contribution in [3.05, 3.63) is 64.9 Å². The number of imidazole rings is 1. The van der Waals surface area contributed by atoms with E-state index in [1.807, 2.05) is 53.4 Å². The Labute approximate surface area is 168 Å². The highest BCUT2D eigenvalue weighted by Crippen LogP contribution is 2.34. The van der Waals surface area contributed by atoms with Crippen LogP contribution in [0.3, 0.4) is 0 Å². The highest BCUT2D eigenvalue weighted by atomic mass is 35.5. The number of anilines is 1. The highest BCUT2D eigenvalue weighted by Gasteiger charge is 2.29. The number of halogens is 1. The van der Waals surface area contributed by atoms with Crippen molar-refractivity contribution in [2.75, 3.05) is 11.9 Å². The molecule has 2 aromatic heterocycles. The van der Waals surface area contributed by atoms with Crippen LogP contribution in [0.1, 0.15) is 29.6 Å². The van der Waals surface area contributed by atoms with Gasteiger partial charge in [-0.2, -0.15) is 0 Å². The largest absolute Gasteiger partial charge is 0.373 e. The number of nitrogens with one attached hydrogen (secondary N) is 1. The van der Waals surface area contributed by atoms with Gasteiger partial charge in [-0.05, 0) is 55.5 Å². The van der Waals surface area contributed by atoms with Gasteiger partial charge in [0.1, 0.15) is 5.82 Å². The number of amides is 1. The zero-order chi connectivity index (χ0) is 17.9. The van der Waals surface area contributed by atoms with Crippen molar-refractivity contribution >= 4 is 35.3 Å². The van der Waals surface area contributed by atoms with Gasteiger partial charge in [0.25, 0.3) is 0 Å². The fourth-order valence-electron chi connectivity index (χ4n) is 3.31. The van der Waals surface area contributed by atoms with Gasteiger partial charge in [0.2, 0.25) is 5.91 Å². The van der Waals surface area contributed by atoms with E-state index in [1.165, 1.54) is 4.88 Å². The van der Waals surface area contributed by atoms with Crippen LogP contribution in [-0.2, 0) is 9.53 Å². The molecule has 2 atom stereocenters. The quantitative estimate of drug-likeness (QED) is 0.682. The summed E-state index contributed by atoms with van der Waals surface area (Å²) in [5, 5.41) is 5.10. The van der Waals surface area contributed by atoms with Gasteiger partial charge in [-0.3, -0.25) is 4.79 Å². The fraction of sp³-hybridized carbons (Fsp3) is 0.300. The average Bonchev–Trinajstić information content (AvgIpc) is 3.34. The molecule has 142 valence electrons. The van der Waals surface area contributed by atoms with Crippen molar-refractivity contribution < 1.29 is 9.53 Å². The lowest BCUT2D eigenvalue weighted by Crippen LogP contribution is -2.30. The SMILES string of the molecule is Cc1nccn1-c1ccc(NC(=O)C2CCOC(c3cccs3)C2)cc1.Cl. The summed E-state index contributed by atoms with van der Waals surface area (Å²) in [5.74, 6) is 0.983. The molecule has 1 amide bonds. The molecule has 1 N–H and O–H groups in total. The monoisotopic (exact) mass is 403 g/mol. The Balaban J connectivity index is 0.00000210. The molecule has 4 rings (SSSR count). The maximum absolute atomic E-state index is 12.7. The molecule has 0 bridgehead atoms. The van der Waals surface area contributed by atoms with Crippen LogP contribution in [0.15, 0.2) is 54.2 Å². The number of aryl methyl sites for hydroxylation is 1. The number of carbonyl (C=O) groups excluding carboxylic acids is 1. The molecule has 1 aliphatic rings. The number of rotatable bonds is 4. The van der Waals surface area contributed by atoms with E-state index in [9.17, 15) is 4.79 Å². The van der Waals surface area contributed by atoms with Crippen LogP contribution >= 0.6 is 23.7 Å². The maximum atomic E-state index is 12.7. The number of hydrogen-bond acceptors (Lipinski definition) is 4. The number of carbonyl (C=O) groups is 1. The number of benzene rings is 1. The van der Waals surface area contributed by atoms with Gasteiger partial charge < -0.3 is 14.6 Å². The Bertz CT molecular complexity index is 877. The molecule has 7 heteroatoms. The second kappa shape index (κ2) is 8.69. The Morgan fingerprint density at radius 3 is 2.78 bits per heavy atom. The molecule has 27 heavy (non-hydrogen) atoms. The van der Waals surface area contributed by atoms with E-state index < -0.39 is 0 Å². The van der Waals surface area contributed by atoms with Crippen molar-refractivity contribution in [1.82, 2.24) is 9.55 Å². The summed E-state index contributed by atoms with van der Waals surface area (Å²) >= 11 is 1.68. The van der Waals surface area contributed by atoms with Gasteiger partial charge in [0.05, 0.1) is 6.10 Å². The standard InChI is InChI=1S/C20H21N3O2S.ClH/c1-14-21-9-10-23(14)17-6-4-16(5-7-17)22-20(24)15-8-11-25-18(13-15)19-3-2-12-26-19;/h2-7,9-10,12,15,18H,8,11,13H2,1H3,(H,22,24);1H. The third-order valence-corrected chi connectivity index (χ3v) is 5.72. The number of ether oxygens (including phenoxy) is 1. The first-order valence-corrected chi connectivity index (χ1v) is 9.65. The second-order valence-corrected chi connectivity index (χ2v) is 7.46. The zero-order valence-electron chi connectivity index (χ0n) is 15.0. The Hall–Kier alpha value is -2.15. The van der Waals surface area contributed by atoms with Gasteiger partial charge in [-0.15, -0.1) is 23.7 Å². The van der Waals surface area contributed by atoms with Crippen molar-refractivity contribution in [2.24, 2.45) is 5.92 Å². The first-order chi connectivity index (χ1) is 12.7. The Morgan fingerprint density at radius 1 is 1.30 bits per heavy atom. The van der Waals surface area contributed by atoms with Gasteiger partial charge >= 0.3 is 0 Å². The minimum Gasteiger partial charge on any atom is -0.373 e. The highest BCUT2D eigenvalue weighted by molar-refractivity contribution is 7.10. The fourth-order valence-corrected chi connectivity index (χ4v) is 4.10. The molecule has 3 heterocycles. The number of nitrogens with zero attached hydrogens (tertiary/aromatic N) is 2. The summed E-state index contributed by atoms with van der Waals surface area (Å²) in [6.45, 7) is 2.59. The molecule has 3 aromatic rings. The van der Waals surface area contributed by atoms with Crippen molar-refractivity contribution in [3.8, 4) is 5.69 Å². The minimum absolute atomic E-state index is 0. The van der Waals surface area contributed by atoms with E-state index in [4.69, 9.17) is 4.74 Å². The lowest BCUT2D eigenvalue weighted by atomic mass is 9.94. The summed E-state index contributed by atoms with van der Waals surface area (Å²) in [7, 11) is 0. The summed E-state index contributed by atoms with van der Waals surface area (Å²) in [5.41, 5.74) is 1.84. The van der Waals surface area contributed by atoms with Gasteiger partial charge in [-0.1, -0.05) is 6.07 Å². The van der Waals surface area contributed by atoms with E-state index in [0.29, 0.717) is 6.61 Å². The topological polar surface area (TPSA) is 56.2 Å². The molecule has 1 fully saturated rings. The summed E-state index contributed by atoms with van der Waals surface area (Å²) in [6.07, 6.45) is 5.24. The normalized spacial score (nSPS) is 19.3. The average molecular weight is 404 g/mol. The van der Waals surface area contributed by atoms with Crippen molar-refractivity contribution in [2.45, 2.75) is 25.9 Å². The van der Waals surface area contributed by atoms with Crippen LogP contribution in [0.25, 0.3) is 5.69 Å². The van der Waals surface area contributed by atoms with Gasteiger partial charge in [-0.25, -0.2) is 4.98 Å². The smallest absolute Gasteiger partial charge is 0.227 e. The first kappa shape index (κ1) is 19.6. The van der Waals surface area contributed by atoms with Crippen LogP contribution in [-0.4, -0.2) is 22.1 Å². The predicted octanol–water partition coefficient (Wildman–Crippen LogP) is 4.77. The third-order valence-electron chi connectivity index (χ3n) is 4.75. The van der Waals surface area contributed by atoms with E-state index in [0.717, 1.165) is 30.0 Å². The molecule has 0 saturated carbocycles. The van der Waals surface area contributed by atoms with E-state index in [2.05, 4.69) is 16.4 Å². The maximum Gasteiger partial charge on any atom is 0.227 e. The third kappa shape index (κ3) is 4.40. The molecule has 2 unspecified atom stereocenters. The van der Waals surface area contributed by atoms with Crippen LogP contribution in [0.4, 0.5) is 5.69 Å². The number of hydrogen-bond donors (Lipinski definition) is 1. The molecular formula is C20H22ClN3O2S. The Morgan fingerprint density at radius 2 is 2.11 bits per heavy atom. The Kier molecular flexibility index (Phi) is 6.31. The molecular weight excluding hydrogens is 382 g/mol. The summed E-state index contributed by atoms with van der Waals surface area (Å²) < 4.78 is 7.85. The lowest BCUT2D eigenvalue weighted by Gasteiger charge is -2.28. The van der Waals surface area contributed by atoms with Crippen LogP contribution in [0.5, 0.6) is 0 Å². The predicted molar refractivity (Wildman–Crippen MR) is 110 cm³/mol. The van der Waals surface area contributed by atoms with Crippen LogP contribution < -0.4 is 5.32 Å². The second-order valence-electron chi connectivity index (χ2n) is 6.48. The van der Waals surface area contributed by atoms with Crippen molar-refractivity contribution in [3.63, 3.8) is 0 Å². The molecule has 1 aliphatic heterocycles. The van der Waals surface area contributed by atoms with Crippen LogP contribution in [0.2, 0.25) is 0 Å². The molecule has 0 radical (unpaired) electrons. The minimum atomic E-state index is -0.0218. The molecule has 0 aliphatic carbocycles. The summed E-state index contributed by atoms with van der Waals surface area (Å²) in [6, 6.07) is 11.9. The summed E-state index contributed by atoms with van der Waals surface area (Å²) in [4.78, 5) is 18.1.